The van der Waals surface area contributed by atoms with Gasteiger partial charge in [0.2, 0.25) is 5.91 Å². The normalized spacial score (nSPS) is 16.7. The zero-order chi connectivity index (χ0) is 38.1. The molecule has 1 heterocycles. The third kappa shape index (κ3) is 10.2. The molecule has 0 saturated carbocycles. The number of likely N-dealkylation sites (N-methyl/N-ethyl adjacent to an activating group) is 1. The second kappa shape index (κ2) is 17.7. The highest BCUT2D eigenvalue weighted by Gasteiger charge is 2.35. The van der Waals surface area contributed by atoms with Gasteiger partial charge in [-0.05, 0) is 73.6 Å². The maximum atomic E-state index is 13.9. The van der Waals surface area contributed by atoms with E-state index in [4.69, 9.17) is 9.47 Å². The molecule has 282 valence electrons. The molecule has 0 aromatic heterocycles. The molecule has 9 nitrogen and oxygen atoms in total. The largest absolute Gasteiger partial charge is 0.486 e. The summed E-state index contributed by atoms with van der Waals surface area (Å²) in [5, 5.41) is 12.9. The van der Waals surface area contributed by atoms with Gasteiger partial charge in [0, 0.05) is 50.6 Å². The molecule has 4 aromatic carbocycles. The Hall–Kier alpha value is -4.91. The van der Waals surface area contributed by atoms with Crippen molar-refractivity contribution in [2.24, 2.45) is 5.92 Å². The summed E-state index contributed by atoms with van der Waals surface area (Å²) in [5.41, 5.74) is 3.33. The number of nitrogens with zero attached hydrogens (tertiary/aromatic N) is 3. The molecule has 53 heavy (non-hydrogen) atoms. The van der Waals surface area contributed by atoms with E-state index in [9.17, 15) is 27.9 Å². The zero-order valence-electron chi connectivity index (χ0n) is 30.5. The monoisotopic (exact) mass is 732 g/mol. The predicted molar refractivity (Wildman–Crippen MR) is 199 cm³/mol. The lowest BCUT2D eigenvalue weighted by Crippen LogP contribution is -2.49. The Morgan fingerprint density at radius 1 is 0.981 bits per heavy atom. The molecule has 3 atom stereocenters. The topological polar surface area (TPSA) is 94.6 Å². The lowest BCUT2D eigenvalue weighted by molar-refractivity contribution is -0.137. The summed E-state index contributed by atoms with van der Waals surface area (Å²) in [6.45, 7) is 6.26. The number of methoxy groups -OCH3 is 1. The van der Waals surface area contributed by atoms with Gasteiger partial charge < -0.3 is 29.7 Å². The summed E-state index contributed by atoms with van der Waals surface area (Å²) >= 11 is 0. The number of rotatable bonds is 14. The SMILES string of the molecule is COCCN(c1ccccc1)c1ccc(CN(C)C[C@H]2Oc3c(NC(=O)Cc4ccc(C(F)(F)F)cc4)cccc3C(=O)N([C@@H](C)CO)C[C@H]2C)cc1. The van der Waals surface area contributed by atoms with Crippen molar-refractivity contribution in [3.05, 3.63) is 119 Å². The number of aliphatic hydroxyl groups excluding tert-OH is 1. The first-order chi connectivity index (χ1) is 25.4. The Morgan fingerprint density at radius 2 is 1.64 bits per heavy atom. The predicted octanol–water partition coefficient (Wildman–Crippen LogP) is 7.02. The number of anilines is 3. The summed E-state index contributed by atoms with van der Waals surface area (Å²) in [6, 6.07) is 27.4. The fourth-order valence-corrected chi connectivity index (χ4v) is 6.41. The van der Waals surface area contributed by atoms with Crippen LogP contribution in [0, 0.1) is 5.92 Å². The molecule has 1 aliphatic rings. The van der Waals surface area contributed by atoms with E-state index in [-0.39, 0.29) is 41.9 Å². The molecule has 2 amide bonds. The number of para-hydroxylation sites is 2. The molecule has 0 saturated heterocycles. The molecule has 12 heteroatoms. The number of hydrogen-bond acceptors (Lipinski definition) is 7. The van der Waals surface area contributed by atoms with Crippen LogP contribution in [0.2, 0.25) is 0 Å². The van der Waals surface area contributed by atoms with E-state index in [0.717, 1.165) is 29.1 Å². The van der Waals surface area contributed by atoms with Gasteiger partial charge >= 0.3 is 6.18 Å². The number of carbonyl (C=O) groups excluding carboxylic acids is 2. The number of fused-ring (bicyclic) bond motifs is 1. The van der Waals surface area contributed by atoms with Gasteiger partial charge in [-0.2, -0.15) is 13.2 Å². The summed E-state index contributed by atoms with van der Waals surface area (Å²) < 4.78 is 51.2. The number of hydrogen-bond donors (Lipinski definition) is 2. The first kappa shape index (κ1) is 39.3. The average Bonchev–Trinajstić information content (AvgIpc) is 3.14. The Balaban J connectivity index is 1.34. The lowest BCUT2D eigenvalue weighted by atomic mass is 9.98. The van der Waals surface area contributed by atoms with Crippen LogP contribution >= 0.6 is 0 Å². The molecular formula is C41H47F3N4O5. The van der Waals surface area contributed by atoms with Gasteiger partial charge in [0.25, 0.3) is 5.91 Å². The number of carbonyl (C=O) groups is 2. The minimum absolute atomic E-state index is 0.165. The fraction of sp³-hybridized carbons (Fsp3) is 0.366. The third-order valence-electron chi connectivity index (χ3n) is 9.39. The van der Waals surface area contributed by atoms with Crippen LogP contribution in [-0.4, -0.2) is 85.9 Å². The van der Waals surface area contributed by atoms with Gasteiger partial charge in [-0.25, -0.2) is 0 Å². The highest BCUT2D eigenvalue weighted by Crippen LogP contribution is 2.36. The van der Waals surface area contributed by atoms with E-state index in [1.54, 1.807) is 37.1 Å². The van der Waals surface area contributed by atoms with Crippen LogP contribution in [0.25, 0.3) is 0 Å². The minimum Gasteiger partial charge on any atom is -0.486 e. The molecule has 0 bridgehead atoms. The van der Waals surface area contributed by atoms with Crippen molar-refractivity contribution < 1.29 is 37.3 Å². The highest BCUT2D eigenvalue weighted by atomic mass is 19.4. The van der Waals surface area contributed by atoms with E-state index in [1.807, 2.05) is 32.2 Å². The summed E-state index contributed by atoms with van der Waals surface area (Å²) in [4.78, 5) is 33.1. The number of benzene rings is 4. The maximum Gasteiger partial charge on any atom is 0.416 e. The Labute approximate surface area is 308 Å². The zero-order valence-corrected chi connectivity index (χ0v) is 30.5. The van der Waals surface area contributed by atoms with Crippen LogP contribution in [0.3, 0.4) is 0 Å². The van der Waals surface area contributed by atoms with E-state index in [2.05, 4.69) is 51.5 Å². The molecule has 0 spiro atoms. The highest BCUT2D eigenvalue weighted by molar-refractivity contribution is 6.02. The molecule has 5 rings (SSSR count). The first-order valence-electron chi connectivity index (χ1n) is 17.6. The van der Waals surface area contributed by atoms with E-state index in [0.29, 0.717) is 38.3 Å². The Bertz CT molecular complexity index is 1810. The van der Waals surface area contributed by atoms with Crippen LogP contribution in [-0.2, 0) is 28.7 Å². The number of ether oxygens (including phenoxy) is 2. The van der Waals surface area contributed by atoms with Crippen LogP contribution in [0.5, 0.6) is 5.75 Å². The average molecular weight is 733 g/mol. The van der Waals surface area contributed by atoms with Crippen molar-refractivity contribution in [3.8, 4) is 5.75 Å². The first-order valence-corrected chi connectivity index (χ1v) is 17.6. The van der Waals surface area contributed by atoms with E-state index < -0.39 is 29.8 Å². The van der Waals surface area contributed by atoms with Crippen molar-refractivity contribution in [1.29, 1.82) is 0 Å². The smallest absolute Gasteiger partial charge is 0.416 e. The Morgan fingerprint density at radius 3 is 2.28 bits per heavy atom. The van der Waals surface area contributed by atoms with Crippen molar-refractivity contribution >= 4 is 28.9 Å². The van der Waals surface area contributed by atoms with Gasteiger partial charge in [-0.15, -0.1) is 0 Å². The summed E-state index contributed by atoms with van der Waals surface area (Å²) in [7, 11) is 3.68. The Kier molecular flexibility index (Phi) is 13.2. The van der Waals surface area contributed by atoms with Gasteiger partial charge in [0.1, 0.15) is 6.10 Å². The number of alkyl halides is 3. The minimum atomic E-state index is -4.48. The summed E-state index contributed by atoms with van der Waals surface area (Å²) in [5.74, 6) is -0.772. The van der Waals surface area contributed by atoms with Gasteiger partial charge in [0.15, 0.2) is 5.75 Å². The standard InChI is InChI=1S/C41H47F3N4O5/c1-28-24-48(29(2)27-49)40(51)35-11-8-12-36(45-38(50)23-30-13-17-32(18-14-30)41(42,43)44)39(35)53-37(28)26-46(3)25-31-15-19-34(20-16-31)47(21-22-52-4)33-9-6-5-7-10-33/h5-20,28-29,37,49H,21-27H2,1-4H3,(H,45,50)/t28-,29+,37-/m1/s1. The molecule has 4 aromatic rings. The number of amides is 2. The van der Waals surface area contributed by atoms with Gasteiger partial charge in [-0.3, -0.25) is 14.5 Å². The summed E-state index contributed by atoms with van der Waals surface area (Å²) in [6.07, 6.45) is -5.08. The van der Waals surface area contributed by atoms with E-state index >= 15 is 0 Å². The molecule has 0 radical (unpaired) electrons. The van der Waals surface area contributed by atoms with Crippen molar-refractivity contribution in [2.75, 3.05) is 57.2 Å². The molecule has 0 aliphatic carbocycles. The van der Waals surface area contributed by atoms with Gasteiger partial charge in [-0.1, -0.05) is 55.5 Å². The van der Waals surface area contributed by atoms with Crippen molar-refractivity contribution in [2.45, 2.75) is 45.1 Å². The van der Waals surface area contributed by atoms with Crippen LogP contribution < -0.4 is 15.0 Å². The number of halogens is 3. The molecule has 2 N–H and O–H groups in total. The molecule has 0 fully saturated rings. The van der Waals surface area contributed by atoms with Crippen molar-refractivity contribution in [1.82, 2.24) is 9.80 Å². The maximum absolute atomic E-state index is 13.9. The number of aliphatic hydroxyl groups is 1. The second-order valence-corrected chi connectivity index (χ2v) is 13.6. The van der Waals surface area contributed by atoms with E-state index in [1.165, 1.54) is 12.1 Å². The van der Waals surface area contributed by atoms with Gasteiger partial charge in [0.05, 0.1) is 42.5 Å². The molecule has 0 unspecified atom stereocenters. The second-order valence-electron chi connectivity index (χ2n) is 13.6. The van der Waals surface area contributed by atoms with Crippen LogP contribution in [0.4, 0.5) is 30.2 Å². The van der Waals surface area contributed by atoms with Crippen LogP contribution in [0.15, 0.2) is 97.1 Å². The molecule has 1 aliphatic heterocycles. The number of nitrogens with one attached hydrogen (secondary N) is 1. The molecular weight excluding hydrogens is 685 g/mol. The quantitative estimate of drug-likeness (QED) is 0.144. The third-order valence-corrected chi connectivity index (χ3v) is 9.39. The van der Waals surface area contributed by atoms with Crippen molar-refractivity contribution in [3.63, 3.8) is 0 Å². The lowest BCUT2D eigenvalue weighted by Gasteiger charge is -2.38. The fourth-order valence-electron chi connectivity index (χ4n) is 6.41. The van der Waals surface area contributed by atoms with Crippen LogP contribution in [0.1, 0.15) is 40.9 Å².